The van der Waals surface area contributed by atoms with E-state index in [0.717, 1.165) is 38.1 Å². The molecule has 0 aromatic carbocycles. The minimum atomic E-state index is -0.250. The lowest BCUT2D eigenvalue weighted by Gasteiger charge is -2.46. The Morgan fingerprint density at radius 3 is 2.43 bits per heavy atom. The predicted molar refractivity (Wildman–Crippen MR) is 81.7 cm³/mol. The van der Waals surface area contributed by atoms with Gasteiger partial charge in [-0.05, 0) is 51.4 Å². The molecule has 2 atom stereocenters. The average Bonchev–Trinajstić information content (AvgIpc) is 2.97. The van der Waals surface area contributed by atoms with E-state index in [0.29, 0.717) is 6.04 Å². The maximum atomic E-state index is 12.8. The molecule has 2 saturated heterocycles. The van der Waals surface area contributed by atoms with E-state index < -0.39 is 0 Å². The number of hydrogen-bond donors (Lipinski definition) is 0. The van der Waals surface area contributed by atoms with Crippen molar-refractivity contribution in [2.45, 2.75) is 83.3 Å². The molecule has 0 aromatic rings. The van der Waals surface area contributed by atoms with Crippen LogP contribution < -0.4 is 0 Å². The summed E-state index contributed by atoms with van der Waals surface area (Å²) in [7, 11) is 0. The third-order valence-corrected chi connectivity index (χ3v) is 5.76. The first-order valence-electron chi connectivity index (χ1n) is 8.76. The van der Waals surface area contributed by atoms with Crippen LogP contribution in [0.2, 0.25) is 0 Å². The molecule has 2 amide bonds. The number of piperazine rings is 1. The molecule has 0 N–H and O–H groups in total. The van der Waals surface area contributed by atoms with E-state index in [1.807, 2.05) is 16.7 Å². The standard InChI is InChI=1S/C17H28N2O2/c1-3-5-13-7-9-14(10-8-13)19-12(2)16(20)18-11-4-6-15(18)17(19)21/h12-15H,3-11H2,1-2H3. The Morgan fingerprint density at radius 1 is 1.05 bits per heavy atom. The second-order valence-corrected chi connectivity index (χ2v) is 7.07. The lowest BCUT2D eigenvalue weighted by Crippen LogP contribution is -2.64. The Balaban J connectivity index is 1.69. The van der Waals surface area contributed by atoms with E-state index >= 15 is 0 Å². The Kier molecular flexibility index (Phi) is 4.23. The predicted octanol–water partition coefficient (Wildman–Crippen LogP) is 2.57. The zero-order valence-electron chi connectivity index (χ0n) is 13.4. The van der Waals surface area contributed by atoms with Gasteiger partial charge in [0.25, 0.3) is 0 Å². The van der Waals surface area contributed by atoms with Gasteiger partial charge in [0, 0.05) is 12.6 Å². The van der Waals surface area contributed by atoms with Crippen LogP contribution in [0.1, 0.15) is 65.2 Å². The zero-order chi connectivity index (χ0) is 15.0. The Bertz CT molecular complexity index is 415. The van der Waals surface area contributed by atoms with Crippen LogP contribution in [-0.4, -0.2) is 46.3 Å². The number of hydrogen-bond acceptors (Lipinski definition) is 2. The van der Waals surface area contributed by atoms with Crippen molar-refractivity contribution < 1.29 is 9.59 Å². The summed E-state index contributed by atoms with van der Waals surface area (Å²) in [5.41, 5.74) is 0. The maximum Gasteiger partial charge on any atom is 0.246 e. The van der Waals surface area contributed by atoms with E-state index in [2.05, 4.69) is 6.92 Å². The van der Waals surface area contributed by atoms with Crippen LogP contribution in [0.4, 0.5) is 0 Å². The molecule has 0 radical (unpaired) electrons. The topological polar surface area (TPSA) is 40.6 Å². The highest BCUT2D eigenvalue weighted by Crippen LogP contribution is 2.35. The lowest BCUT2D eigenvalue weighted by atomic mass is 9.82. The molecule has 21 heavy (non-hydrogen) atoms. The zero-order valence-corrected chi connectivity index (χ0v) is 13.4. The van der Waals surface area contributed by atoms with Crippen LogP contribution in [0, 0.1) is 5.92 Å². The van der Waals surface area contributed by atoms with E-state index in [1.54, 1.807) is 0 Å². The van der Waals surface area contributed by atoms with Crippen LogP contribution in [-0.2, 0) is 9.59 Å². The molecule has 0 bridgehead atoms. The summed E-state index contributed by atoms with van der Waals surface area (Å²) >= 11 is 0. The molecule has 1 aliphatic carbocycles. The van der Waals surface area contributed by atoms with Crippen molar-refractivity contribution in [2.24, 2.45) is 5.92 Å². The second kappa shape index (κ2) is 5.98. The molecule has 2 heterocycles. The monoisotopic (exact) mass is 292 g/mol. The third-order valence-electron chi connectivity index (χ3n) is 5.76. The summed E-state index contributed by atoms with van der Waals surface area (Å²) < 4.78 is 0. The highest BCUT2D eigenvalue weighted by Gasteiger charge is 2.48. The minimum absolute atomic E-state index is 0.151. The SMILES string of the molecule is CCCC1CCC(N2C(=O)C3CCCN3C(=O)C2C)CC1. The quantitative estimate of drug-likeness (QED) is 0.802. The fourth-order valence-electron chi connectivity index (χ4n) is 4.63. The van der Waals surface area contributed by atoms with Gasteiger partial charge in [-0.25, -0.2) is 0 Å². The van der Waals surface area contributed by atoms with Crippen LogP contribution in [0.25, 0.3) is 0 Å². The van der Waals surface area contributed by atoms with Gasteiger partial charge in [0.15, 0.2) is 0 Å². The molecule has 3 aliphatic rings. The summed E-state index contributed by atoms with van der Waals surface area (Å²) in [5, 5.41) is 0. The van der Waals surface area contributed by atoms with Crippen molar-refractivity contribution in [3.63, 3.8) is 0 Å². The fraction of sp³-hybridized carbons (Fsp3) is 0.882. The highest BCUT2D eigenvalue weighted by molar-refractivity contribution is 5.97. The number of fused-ring (bicyclic) bond motifs is 1. The summed E-state index contributed by atoms with van der Waals surface area (Å²) in [4.78, 5) is 29.1. The van der Waals surface area contributed by atoms with E-state index in [1.165, 1.54) is 25.7 Å². The van der Waals surface area contributed by atoms with Crippen LogP contribution in [0.5, 0.6) is 0 Å². The number of carbonyl (C=O) groups is 2. The van der Waals surface area contributed by atoms with Crippen molar-refractivity contribution >= 4 is 11.8 Å². The van der Waals surface area contributed by atoms with Crippen molar-refractivity contribution in [1.82, 2.24) is 9.80 Å². The van der Waals surface area contributed by atoms with Crippen molar-refractivity contribution in [1.29, 1.82) is 0 Å². The van der Waals surface area contributed by atoms with Gasteiger partial charge in [0.2, 0.25) is 11.8 Å². The van der Waals surface area contributed by atoms with Crippen molar-refractivity contribution in [3.05, 3.63) is 0 Å². The molecule has 2 unspecified atom stereocenters. The molecule has 4 heteroatoms. The van der Waals surface area contributed by atoms with Crippen LogP contribution in [0.3, 0.4) is 0 Å². The molecule has 0 spiro atoms. The average molecular weight is 292 g/mol. The van der Waals surface area contributed by atoms with Gasteiger partial charge in [-0.15, -0.1) is 0 Å². The molecule has 3 rings (SSSR count). The largest absolute Gasteiger partial charge is 0.329 e. The first-order valence-corrected chi connectivity index (χ1v) is 8.76. The fourth-order valence-corrected chi connectivity index (χ4v) is 4.63. The summed E-state index contributed by atoms with van der Waals surface area (Å²) in [5.74, 6) is 1.23. The van der Waals surface area contributed by atoms with Crippen molar-refractivity contribution in [2.75, 3.05) is 6.54 Å². The summed E-state index contributed by atoms with van der Waals surface area (Å²) in [6, 6.07) is -0.103. The molecular formula is C17H28N2O2. The van der Waals surface area contributed by atoms with E-state index in [9.17, 15) is 9.59 Å². The summed E-state index contributed by atoms with van der Waals surface area (Å²) in [6.45, 7) is 4.94. The molecule has 2 aliphatic heterocycles. The van der Waals surface area contributed by atoms with Gasteiger partial charge in [0.1, 0.15) is 12.1 Å². The highest BCUT2D eigenvalue weighted by atomic mass is 16.2. The smallest absolute Gasteiger partial charge is 0.246 e. The van der Waals surface area contributed by atoms with Crippen LogP contribution in [0.15, 0.2) is 0 Å². The lowest BCUT2D eigenvalue weighted by molar-refractivity contribution is -0.162. The molecule has 1 saturated carbocycles. The van der Waals surface area contributed by atoms with E-state index in [4.69, 9.17) is 0 Å². The Hall–Kier alpha value is -1.06. The van der Waals surface area contributed by atoms with Crippen LogP contribution >= 0.6 is 0 Å². The molecule has 0 aromatic heterocycles. The van der Waals surface area contributed by atoms with Gasteiger partial charge in [-0.2, -0.15) is 0 Å². The first kappa shape index (κ1) is 14.9. The van der Waals surface area contributed by atoms with Gasteiger partial charge < -0.3 is 9.80 Å². The van der Waals surface area contributed by atoms with Gasteiger partial charge in [-0.1, -0.05) is 19.8 Å². The normalized spacial score (nSPS) is 37.0. The number of nitrogens with zero attached hydrogens (tertiary/aromatic N) is 2. The molecule has 118 valence electrons. The maximum absolute atomic E-state index is 12.8. The number of amides is 2. The minimum Gasteiger partial charge on any atom is -0.329 e. The van der Waals surface area contributed by atoms with Gasteiger partial charge >= 0.3 is 0 Å². The van der Waals surface area contributed by atoms with Gasteiger partial charge in [0.05, 0.1) is 0 Å². The number of carbonyl (C=O) groups excluding carboxylic acids is 2. The molecular weight excluding hydrogens is 264 g/mol. The third kappa shape index (κ3) is 2.58. The second-order valence-electron chi connectivity index (χ2n) is 7.07. The van der Waals surface area contributed by atoms with Crippen molar-refractivity contribution in [3.8, 4) is 0 Å². The molecule has 4 nitrogen and oxygen atoms in total. The first-order chi connectivity index (χ1) is 10.1. The van der Waals surface area contributed by atoms with Gasteiger partial charge in [-0.3, -0.25) is 9.59 Å². The number of rotatable bonds is 3. The molecule has 3 fully saturated rings. The summed E-state index contributed by atoms with van der Waals surface area (Å²) in [6.07, 6.45) is 9.01. The van der Waals surface area contributed by atoms with E-state index in [-0.39, 0.29) is 23.9 Å². The Morgan fingerprint density at radius 2 is 1.76 bits per heavy atom. The Labute approximate surface area is 127 Å².